The van der Waals surface area contributed by atoms with E-state index in [1.807, 2.05) is 0 Å². The highest BCUT2D eigenvalue weighted by Gasteiger charge is 2.38. The Kier molecular flexibility index (Phi) is 7.95. The maximum Gasteiger partial charge on any atom is 0.573 e. The molecule has 1 aromatic heterocycles. The summed E-state index contributed by atoms with van der Waals surface area (Å²) in [7, 11) is 0. The number of anilines is 1. The van der Waals surface area contributed by atoms with Crippen LogP contribution in [0.15, 0.2) is 83.3 Å². The fourth-order valence-corrected chi connectivity index (χ4v) is 5.07. The summed E-state index contributed by atoms with van der Waals surface area (Å²) in [5.41, 5.74) is 0.825. The van der Waals surface area contributed by atoms with Crippen LogP contribution < -0.4 is 9.64 Å². The predicted molar refractivity (Wildman–Crippen MR) is 145 cm³/mol. The number of aromatic nitrogens is 3. The highest BCUT2D eigenvalue weighted by atomic mass is 35.5. The molecule has 0 saturated carbocycles. The van der Waals surface area contributed by atoms with Crippen molar-refractivity contribution in [3.8, 4) is 22.8 Å². The predicted octanol–water partition coefficient (Wildman–Crippen LogP) is 7.45. The molecule has 0 radical (unpaired) electrons. The van der Waals surface area contributed by atoms with Crippen LogP contribution in [0.2, 0.25) is 5.02 Å². The molecule has 1 aliphatic rings. The highest BCUT2D eigenvalue weighted by molar-refractivity contribution is 8.14. The van der Waals surface area contributed by atoms with Gasteiger partial charge < -0.3 is 9.64 Å². The summed E-state index contributed by atoms with van der Waals surface area (Å²) in [6.07, 6.45) is -6.47. The van der Waals surface area contributed by atoms with Crippen molar-refractivity contribution in [2.45, 2.75) is 12.5 Å². The van der Waals surface area contributed by atoms with Gasteiger partial charge >= 0.3 is 12.5 Å². The van der Waals surface area contributed by atoms with E-state index in [9.17, 15) is 26.3 Å². The number of benzene rings is 3. The summed E-state index contributed by atoms with van der Waals surface area (Å²) in [6, 6.07) is 15.8. The van der Waals surface area contributed by atoms with E-state index in [2.05, 4.69) is 25.0 Å². The van der Waals surface area contributed by atoms with Gasteiger partial charge in [-0.1, -0.05) is 53.7 Å². The molecule has 7 nitrogen and oxygen atoms in total. The minimum absolute atomic E-state index is 0.0295. The molecule has 1 aliphatic heterocycles. The molecule has 1 saturated heterocycles. The second-order valence-corrected chi connectivity index (χ2v) is 9.91. The number of hydrogen-bond donors (Lipinski definition) is 0. The molecule has 212 valence electrons. The van der Waals surface area contributed by atoms with E-state index in [0.717, 1.165) is 6.07 Å². The number of alkyl halides is 6. The lowest BCUT2D eigenvalue weighted by Crippen LogP contribution is -2.27. The van der Waals surface area contributed by atoms with Crippen molar-refractivity contribution in [1.82, 2.24) is 14.8 Å². The molecule has 0 bridgehead atoms. The van der Waals surface area contributed by atoms with Gasteiger partial charge in [0, 0.05) is 17.9 Å². The van der Waals surface area contributed by atoms with Crippen molar-refractivity contribution in [1.29, 1.82) is 0 Å². The fourth-order valence-electron chi connectivity index (χ4n) is 3.89. The number of halogens is 7. The first-order chi connectivity index (χ1) is 19.5. The Morgan fingerprint density at radius 2 is 1.68 bits per heavy atom. The van der Waals surface area contributed by atoms with Crippen LogP contribution in [0.25, 0.3) is 17.1 Å². The van der Waals surface area contributed by atoms with E-state index < -0.39 is 18.1 Å². The van der Waals surface area contributed by atoms with Gasteiger partial charge in [-0.3, -0.25) is 0 Å². The summed E-state index contributed by atoms with van der Waals surface area (Å²) >= 11 is 7.41. The van der Waals surface area contributed by atoms with Crippen LogP contribution in [-0.2, 0) is 6.18 Å². The Bertz CT molecular complexity index is 1590. The monoisotopic (exact) mass is 610 g/mol. The van der Waals surface area contributed by atoms with Crippen LogP contribution >= 0.6 is 23.4 Å². The zero-order chi connectivity index (χ0) is 29.2. The van der Waals surface area contributed by atoms with Crippen LogP contribution in [0.5, 0.6) is 5.75 Å². The Labute approximate surface area is 238 Å². The number of para-hydroxylation sites is 1. The Morgan fingerprint density at radius 1 is 0.951 bits per heavy atom. The van der Waals surface area contributed by atoms with Crippen molar-refractivity contribution in [2.75, 3.05) is 17.2 Å². The zero-order valence-corrected chi connectivity index (χ0v) is 22.1. The average molecular weight is 611 g/mol. The standard InChI is InChI=1S/C26H17ClF6N6OS/c27-21-3-1-2-20(25(28,29)30)22(21)38-12-13-41-24(38)36-35-14-16-4-6-17(7-5-16)23-34-15-39(37-23)18-8-10-19(11-9-18)40-26(31,32)33/h1-11,14-15H,12-13H2. The lowest BCUT2D eigenvalue weighted by molar-refractivity contribution is -0.274. The van der Waals surface area contributed by atoms with Crippen molar-refractivity contribution >= 4 is 40.4 Å². The molecule has 41 heavy (non-hydrogen) atoms. The third-order valence-corrected chi connectivity index (χ3v) is 6.94. The third-order valence-electron chi connectivity index (χ3n) is 5.68. The van der Waals surface area contributed by atoms with Crippen molar-refractivity contribution in [3.05, 3.63) is 89.2 Å². The first kappa shape index (κ1) is 28.5. The summed E-state index contributed by atoms with van der Waals surface area (Å²) < 4.78 is 83.1. The summed E-state index contributed by atoms with van der Waals surface area (Å²) in [6.45, 7) is 0.297. The topological polar surface area (TPSA) is 67.9 Å². The van der Waals surface area contributed by atoms with Gasteiger partial charge in [-0.2, -0.15) is 18.3 Å². The molecule has 0 atom stereocenters. The minimum Gasteiger partial charge on any atom is -0.406 e. The number of thioether (sulfide) groups is 1. The van der Waals surface area contributed by atoms with Crippen molar-refractivity contribution in [3.63, 3.8) is 0 Å². The highest BCUT2D eigenvalue weighted by Crippen LogP contribution is 2.42. The van der Waals surface area contributed by atoms with Gasteiger partial charge in [0.2, 0.25) is 0 Å². The number of nitrogens with zero attached hydrogens (tertiary/aromatic N) is 6. The molecule has 0 unspecified atom stereocenters. The molecule has 4 aromatic rings. The van der Waals surface area contributed by atoms with Gasteiger partial charge in [0.25, 0.3) is 0 Å². The zero-order valence-electron chi connectivity index (χ0n) is 20.6. The molecular weight excluding hydrogens is 594 g/mol. The van der Waals surface area contributed by atoms with Gasteiger partial charge in [-0.15, -0.1) is 23.4 Å². The van der Waals surface area contributed by atoms with Gasteiger partial charge in [0.05, 0.1) is 28.2 Å². The first-order valence-corrected chi connectivity index (χ1v) is 13.1. The number of amidine groups is 1. The summed E-state index contributed by atoms with van der Waals surface area (Å²) in [5.74, 6) is 0.553. The molecule has 0 spiro atoms. The smallest absolute Gasteiger partial charge is 0.406 e. The molecule has 15 heteroatoms. The summed E-state index contributed by atoms with van der Waals surface area (Å²) in [4.78, 5) is 5.66. The molecule has 0 amide bonds. The number of rotatable bonds is 6. The van der Waals surface area contributed by atoms with E-state index in [1.165, 1.54) is 70.3 Å². The lowest BCUT2D eigenvalue weighted by Gasteiger charge is -2.23. The third kappa shape index (κ3) is 6.82. The molecule has 3 aromatic carbocycles. The molecule has 2 heterocycles. The van der Waals surface area contributed by atoms with Crippen LogP contribution in [0, 0.1) is 0 Å². The Morgan fingerprint density at radius 3 is 2.37 bits per heavy atom. The number of hydrogen-bond acceptors (Lipinski definition) is 6. The van der Waals surface area contributed by atoms with E-state index in [1.54, 1.807) is 24.3 Å². The SMILES string of the molecule is FC(F)(F)Oc1ccc(-n2cnc(-c3ccc(C=NN=C4SCCN4c4c(Cl)cccc4C(F)(F)F)cc3)n2)cc1. The van der Waals surface area contributed by atoms with Crippen LogP contribution in [0.3, 0.4) is 0 Å². The van der Waals surface area contributed by atoms with Gasteiger partial charge in [-0.05, 0) is 42.0 Å². The second-order valence-electron chi connectivity index (χ2n) is 8.44. The lowest BCUT2D eigenvalue weighted by atomic mass is 10.1. The average Bonchev–Trinajstić information content (AvgIpc) is 3.58. The van der Waals surface area contributed by atoms with Crippen molar-refractivity contribution < 1.29 is 31.1 Å². The quantitative estimate of drug-likeness (QED) is 0.129. The largest absolute Gasteiger partial charge is 0.573 e. The van der Waals surface area contributed by atoms with Crippen LogP contribution in [0.4, 0.5) is 32.0 Å². The first-order valence-electron chi connectivity index (χ1n) is 11.7. The maximum atomic E-state index is 13.6. The van der Waals surface area contributed by atoms with Gasteiger partial charge in [0.15, 0.2) is 11.0 Å². The molecule has 1 fully saturated rings. The molecule has 0 N–H and O–H groups in total. The van der Waals surface area contributed by atoms with Crippen molar-refractivity contribution in [2.24, 2.45) is 10.2 Å². The molecular formula is C26H17ClF6N6OS. The minimum atomic E-state index is -4.78. The normalized spacial score (nSPS) is 15.3. The van der Waals surface area contributed by atoms with Crippen LogP contribution in [-0.4, -0.2) is 44.8 Å². The Balaban J connectivity index is 1.28. The van der Waals surface area contributed by atoms with Gasteiger partial charge in [0.1, 0.15) is 12.1 Å². The second kappa shape index (κ2) is 11.4. The van der Waals surface area contributed by atoms with E-state index in [0.29, 0.717) is 40.1 Å². The van der Waals surface area contributed by atoms with Crippen LogP contribution in [0.1, 0.15) is 11.1 Å². The fraction of sp³-hybridized carbons (Fsp3) is 0.154. The van der Waals surface area contributed by atoms with E-state index >= 15 is 0 Å². The van der Waals surface area contributed by atoms with E-state index in [4.69, 9.17) is 11.6 Å². The van der Waals surface area contributed by atoms with E-state index in [-0.39, 0.29) is 16.5 Å². The number of ether oxygens (including phenoxy) is 1. The Hall–Kier alpha value is -4.04. The maximum absolute atomic E-state index is 13.6. The summed E-state index contributed by atoms with van der Waals surface area (Å²) in [5, 5.41) is 12.8. The van der Waals surface area contributed by atoms with Gasteiger partial charge in [-0.25, -0.2) is 9.67 Å². The molecule has 5 rings (SSSR count). The molecule has 0 aliphatic carbocycles.